The molecule has 10 heteroatoms. The average Bonchev–Trinajstić information content (AvgIpc) is 3.62. The summed E-state index contributed by atoms with van der Waals surface area (Å²) in [6.07, 6.45) is 4.11. The number of rotatable bonds is 5. The first-order chi connectivity index (χ1) is 19.0. The van der Waals surface area contributed by atoms with E-state index in [1.165, 1.54) is 24.2 Å². The third kappa shape index (κ3) is 5.10. The molecule has 3 aromatic heterocycles. The standard InChI is InChI=1S/C27H30N6O3S.C2H6/c1-18(34)31-14-16-32(17-15-31)20-8-9-28-25-22(20)24(35)23(26(36)29-10-13-30-11-4-5-12-30)27-33(25)19-6-2-3-7-21(19)37-27;1-2/h2-3,6-9H,4-5,10-17H2,1H3,(H,29,36);1-2H3. The molecule has 2 aliphatic heterocycles. The van der Waals surface area contributed by atoms with Crippen LogP contribution in [-0.4, -0.2) is 83.4 Å². The molecule has 0 atom stereocenters. The minimum Gasteiger partial charge on any atom is -0.367 e. The van der Waals surface area contributed by atoms with Gasteiger partial charge in [-0.15, -0.1) is 11.3 Å². The topological polar surface area (TPSA) is 90.3 Å². The monoisotopic (exact) mass is 548 g/mol. The van der Waals surface area contributed by atoms with Gasteiger partial charge in [-0.05, 0) is 44.1 Å². The van der Waals surface area contributed by atoms with Crippen LogP contribution in [0.2, 0.25) is 0 Å². The maximum atomic E-state index is 14.1. The number of para-hydroxylation sites is 1. The molecule has 4 aromatic rings. The summed E-state index contributed by atoms with van der Waals surface area (Å²) in [5.74, 6) is -0.287. The van der Waals surface area contributed by atoms with Crippen LogP contribution in [0.5, 0.6) is 0 Å². The van der Waals surface area contributed by atoms with E-state index in [1.807, 2.05) is 53.5 Å². The van der Waals surface area contributed by atoms with Crippen LogP contribution in [0.1, 0.15) is 44.0 Å². The first-order valence-electron chi connectivity index (χ1n) is 13.9. The number of carbonyl (C=O) groups excluding carboxylic acids is 2. The zero-order valence-electron chi connectivity index (χ0n) is 22.9. The van der Waals surface area contributed by atoms with Gasteiger partial charge in [-0.3, -0.25) is 18.8 Å². The van der Waals surface area contributed by atoms with Crippen LogP contribution in [0.25, 0.3) is 26.1 Å². The fourth-order valence-electron chi connectivity index (χ4n) is 5.56. The highest BCUT2D eigenvalue weighted by Gasteiger charge is 2.27. The molecule has 206 valence electrons. The van der Waals surface area contributed by atoms with Gasteiger partial charge in [0.2, 0.25) is 11.3 Å². The van der Waals surface area contributed by atoms with E-state index in [4.69, 9.17) is 0 Å². The van der Waals surface area contributed by atoms with E-state index in [0.717, 1.165) is 35.5 Å². The van der Waals surface area contributed by atoms with Gasteiger partial charge >= 0.3 is 0 Å². The van der Waals surface area contributed by atoms with E-state index in [1.54, 1.807) is 13.1 Å². The number of likely N-dealkylation sites (tertiary alicyclic amines) is 1. The van der Waals surface area contributed by atoms with Crippen molar-refractivity contribution in [1.29, 1.82) is 0 Å². The minimum atomic E-state index is -0.341. The molecule has 1 N–H and O–H groups in total. The lowest BCUT2D eigenvalue weighted by molar-refractivity contribution is -0.129. The molecule has 0 bridgehead atoms. The van der Waals surface area contributed by atoms with E-state index >= 15 is 0 Å². The van der Waals surface area contributed by atoms with Crippen LogP contribution in [0.4, 0.5) is 5.69 Å². The predicted octanol–water partition coefficient (Wildman–Crippen LogP) is 3.58. The molecule has 0 spiro atoms. The number of nitrogens with one attached hydrogen (secondary N) is 1. The number of hydrogen-bond donors (Lipinski definition) is 1. The highest BCUT2D eigenvalue weighted by molar-refractivity contribution is 7.24. The predicted molar refractivity (Wildman–Crippen MR) is 158 cm³/mol. The summed E-state index contributed by atoms with van der Waals surface area (Å²) in [6.45, 7) is 11.4. The van der Waals surface area contributed by atoms with Crippen molar-refractivity contribution in [3.8, 4) is 0 Å². The van der Waals surface area contributed by atoms with E-state index < -0.39 is 0 Å². The number of piperazine rings is 1. The normalized spacial score (nSPS) is 16.1. The number of nitrogens with zero attached hydrogens (tertiary/aromatic N) is 5. The van der Waals surface area contributed by atoms with Crippen molar-refractivity contribution in [3.63, 3.8) is 0 Å². The summed E-state index contributed by atoms with van der Waals surface area (Å²) < 4.78 is 2.95. The largest absolute Gasteiger partial charge is 0.367 e. The van der Waals surface area contributed by atoms with Gasteiger partial charge in [0.15, 0.2) is 5.65 Å². The van der Waals surface area contributed by atoms with Crippen LogP contribution in [-0.2, 0) is 4.79 Å². The first kappa shape index (κ1) is 27.1. The highest BCUT2D eigenvalue weighted by atomic mass is 32.1. The van der Waals surface area contributed by atoms with Crippen molar-refractivity contribution in [2.24, 2.45) is 0 Å². The van der Waals surface area contributed by atoms with E-state index in [2.05, 4.69) is 20.1 Å². The summed E-state index contributed by atoms with van der Waals surface area (Å²) in [4.78, 5) is 51.1. The summed E-state index contributed by atoms with van der Waals surface area (Å²) in [7, 11) is 0. The third-order valence-electron chi connectivity index (χ3n) is 7.51. The van der Waals surface area contributed by atoms with Crippen molar-refractivity contribution in [1.82, 2.24) is 24.5 Å². The number of aromatic nitrogens is 2. The van der Waals surface area contributed by atoms with E-state index in [0.29, 0.717) is 48.6 Å². The SMILES string of the molecule is CC.CC(=O)N1CCN(c2ccnc3c2c(=O)c(C(=O)NCCN2CCCC2)c2sc4ccccc4n23)CC1. The van der Waals surface area contributed by atoms with Crippen LogP contribution in [0.15, 0.2) is 41.3 Å². The van der Waals surface area contributed by atoms with Crippen molar-refractivity contribution < 1.29 is 9.59 Å². The number of carbonyl (C=O) groups is 2. The molecule has 2 amide bonds. The van der Waals surface area contributed by atoms with Crippen molar-refractivity contribution in [3.05, 3.63) is 52.3 Å². The molecule has 2 saturated heterocycles. The smallest absolute Gasteiger partial charge is 0.258 e. The summed E-state index contributed by atoms with van der Waals surface area (Å²) in [5, 5.41) is 3.47. The number of anilines is 1. The molecular weight excluding hydrogens is 512 g/mol. The Balaban J connectivity index is 0.00000151. The van der Waals surface area contributed by atoms with Gasteiger partial charge in [0, 0.05) is 52.4 Å². The first-order valence-corrected chi connectivity index (χ1v) is 14.7. The molecule has 0 aliphatic carbocycles. The molecule has 39 heavy (non-hydrogen) atoms. The lowest BCUT2D eigenvalue weighted by atomic mass is 10.1. The Kier molecular flexibility index (Phi) is 8.13. The second kappa shape index (κ2) is 11.7. The van der Waals surface area contributed by atoms with Gasteiger partial charge in [-0.25, -0.2) is 4.98 Å². The number of fused-ring (bicyclic) bond motifs is 5. The third-order valence-corrected chi connectivity index (χ3v) is 8.65. The fourth-order valence-corrected chi connectivity index (χ4v) is 6.74. The lowest BCUT2D eigenvalue weighted by Crippen LogP contribution is -2.48. The van der Waals surface area contributed by atoms with Crippen molar-refractivity contribution in [2.45, 2.75) is 33.6 Å². The number of pyridine rings is 2. The van der Waals surface area contributed by atoms with Crippen LogP contribution >= 0.6 is 11.3 Å². The summed E-state index contributed by atoms with van der Waals surface area (Å²) in [5.41, 5.74) is 2.11. The second-order valence-electron chi connectivity index (χ2n) is 9.74. The average molecular weight is 549 g/mol. The Hall–Kier alpha value is -3.50. The summed E-state index contributed by atoms with van der Waals surface area (Å²) in [6, 6.07) is 9.77. The number of amides is 2. The number of hydrogen-bond acceptors (Lipinski definition) is 7. The van der Waals surface area contributed by atoms with Crippen molar-refractivity contribution in [2.75, 3.05) is 57.3 Å². The number of thiazole rings is 1. The zero-order valence-corrected chi connectivity index (χ0v) is 23.7. The van der Waals surface area contributed by atoms with Crippen LogP contribution in [0.3, 0.4) is 0 Å². The molecule has 0 radical (unpaired) electrons. The molecule has 0 saturated carbocycles. The maximum Gasteiger partial charge on any atom is 0.258 e. The second-order valence-corrected chi connectivity index (χ2v) is 10.8. The molecular formula is C29H36N6O3S. The minimum absolute atomic E-state index is 0.0543. The van der Waals surface area contributed by atoms with Crippen LogP contribution < -0.4 is 15.6 Å². The van der Waals surface area contributed by atoms with Gasteiger partial charge in [0.05, 0.1) is 21.3 Å². The molecule has 2 aliphatic rings. The highest BCUT2D eigenvalue weighted by Crippen LogP contribution is 2.33. The van der Waals surface area contributed by atoms with E-state index in [-0.39, 0.29) is 22.8 Å². The maximum absolute atomic E-state index is 14.1. The van der Waals surface area contributed by atoms with Gasteiger partial charge in [0.1, 0.15) is 10.4 Å². The van der Waals surface area contributed by atoms with Crippen LogP contribution in [0, 0.1) is 0 Å². The van der Waals surface area contributed by atoms with Crippen molar-refractivity contribution >= 4 is 54.9 Å². The van der Waals surface area contributed by atoms with Gasteiger partial charge in [0.25, 0.3) is 5.91 Å². The Morgan fingerprint density at radius 1 is 1.00 bits per heavy atom. The Morgan fingerprint density at radius 2 is 1.72 bits per heavy atom. The molecule has 9 nitrogen and oxygen atoms in total. The molecule has 0 unspecified atom stereocenters. The quantitative estimate of drug-likeness (QED) is 0.410. The molecule has 6 rings (SSSR count). The lowest BCUT2D eigenvalue weighted by Gasteiger charge is -2.36. The van der Waals surface area contributed by atoms with Gasteiger partial charge < -0.3 is 20.0 Å². The Labute approximate surface area is 232 Å². The van der Waals surface area contributed by atoms with Gasteiger partial charge in [-0.2, -0.15) is 0 Å². The number of benzene rings is 1. The molecule has 5 heterocycles. The fraction of sp³-hybridized carbons (Fsp3) is 0.448. The van der Waals surface area contributed by atoms with E-state index in [9.17, 15) is 14.4 Å². The summed E-state index contributed by atoms with van der Waals surface area (Å²) >= 11 is 1.44. The van der Waals surface area contributed by atoms with Gasteiger partial charge in [-0.1, -0.05) is 26.0 Å². The molecule has 1 aromatic carbocycles. The zero-order chi connectivity index (χ0) is 27.5. The Morgan fingerprint density at radius 3 is 2.44 bits per heavy atom. The molecule has 2 fully saturated rings. The Bertz CT molecular complexity index is 1560.